The van der Waals surface area contributed by atoms with Gasteiger partial charge >= 0.3 is 0 Å². The molecular formula is C20H26FN3OS. The zero-order valence-corrected chi connectivity index (χ0v) is 16.5. The number of aromatic nitrogens is 1. The first-order chi connectivity index (χ1) is 12.3. The third-order valence-corrected chi connectivity index (χ3v) is 5.46. The summed E-state index contributed by atoms with van der Waals surface area (Å²) in [4.78, 5) is 21.7. The highest BCUT2D eigenvalue weighted by atomic mass is 32.1. The first-order valence-corrected chi connectivity index (χ1v) is 9.99. The molecule has 2 heterocycles. The minimum Gasteiger partial charge on any atom is -0.348 e. The number of hydrogen-bond donors (Lipinski definition) is 0. The number of halogens is 1. The second-order valence-electron chi connectivity index (χ2n) is 7.79. The van der Waals surface area contributed by atoms with E-state index >= 15 is 0 Å². The Morgan fingerprint density at radius 3 is 2.46 bits per heavy atom. The maximum atomic E-state index is 13.3. The maximum absolute atomic E-state index is 13.3. The Balaban J connectivity index is 1.82. The fourth-order valence-corrected chi connectivity index (χ4v) is 3.94. The zero-order chi connectivity index (χ0) is 18.7. The predicted octanol–water partition coefficient (Wildman–Crippen LogP) is 4.85. The molecule has 0 bridgehead atoms. The van der Waals surface area contributed by atoms with Crippen LogP contribution in [0.4, 0.5) is 15.2 Å². The molecule has 1 saturated heterocycles. The van der Waals surface area contributed by atoms with Gasteiger partial charge in [-0.25, -0.2) is 9.37 Å². The number of amides is 1. The minimum atomic E-state index is -0.528. The summed E-state index contributed by atoms with van der Waals surface area (Å²) in [5.74, 6) is -0.311. The van der Waals surface area contributed by atoms with Gasteiger partial charge in [-0.05, 0) is 43.5 Å². The lowest BCUT2D eigenvalue weighted by Gasteiger charge is -2.29. The third kappa shape index (κ3) is 4.41. The fourth-order valence-electron chi connectivity index (χ4n) is 3.07. The second-order valence-corrected chi connectivity index (χ2v) is 8.62. The van der Waals surface area contributed by atoms with E-state index in [1.54, 1.807) is 28.4 Å². The topological polar surface area (TPSA) is 36.4 Å². The summed E-state index contributed by atoms with van der Waals surface area (Å²) >= 11 is 1.63. The molecule has 0 radical (unpaired) electrons. The van der Waals surface area contributed by atoms with Gasteiger partial charge in [0, 0.05) is 29.6 Å². The molecule has 1 aliphatic rings. The van der Waals surface area contributed by atoms with Crippen molar-refractivity contribution >= 4 is 28.1 Å². The zero-order valence-electron chi connectivity index (χ0n) is 15.7. The number of benzene rings is 1. The van der Waals surface area contributed by atoms with E-state index < -0.39 is 5.41 Å². The fraction of sp³-hybridized carbons (Fsp3) is 0.500. The van der Waals surface area contributed by atoms with Gasteiger partial charge < -0.3 is 9.80 Å². The summed E-state index contributed by atoms with van der Waals surface area (Å²) in [6, 6.07) is 6.07. The Morgan fingerprint density at radius 1 is 1.19 bits per heavy atom. The van der Waals surface area contributed by atoms with Crippen LogP contribution in [-0.2, 0) is 11.3 Å². The van der Waals surface area contributed by atoms with Crippen LogP contribution in [0.2, 0.25) is 0 Å². The van der Waals surface area contributed by atoms with Gasteiger partial charge in [0.1, 0.15) is 5.82 Å². The molecule has 1 aromatic heterocycles. The molecule has 26 heavy (non-hydrogen) atoms. The maximum Gasteiger partial charge on any atom is 0.232 e. The highest BCUT2D eigenvalue weighted by Gasteiger charge is 2.29. The quantitative estimate of drug-likeness (QED) is 0.766. The van der Waals surface area contributed by atoms with Gasteiger partial charge in [-0.3, -0.25) is 4.79 Å². The number of piperidine rings is 1. The lowest BCUT2D eigenvalue weighted by molar-refractivity contribution is -0.125. The van der Waals surface area contributed by atoms with Crippen LogP contribution in [0, 0.1) is 11.2 Å². The number of nitrogens with zero attached hydrogens (tertiary/aromatic N) is 3. The van der Waals surface area contributed by atoms with Gasteiger partial charge in [0.05, 0.1) is 12.2 Å². The summed E-state index contributed by atoms with van der Waals surface area (Å²) < 4.78 is 13.3. The first-order valence-electron chi connectivity index (χ1n) is 9.11. The second kappa shape index (κ2) is 7.74. The Morgan fingerprint density at radius 2 is 1.85 bits per heavy atom. The Hall–Kier alpha value is -1.95. The van der Waals surface area contributed by atoms with E-state index in [2.05, 4.69) is 4.90 Å². The number of carbonyl (C=O) groups is 1. The van der Waals surface area contributed by atoms with Crippen LogP contribution in [0.25, 0.3) is 0 Å². The molecule has 0 saturated carbocycles. The van der Waals surface area contributed by atoms with E-state index in [9.17, 15) is 9.18 Å². The van der Waals surface area contributed by atoms with Crippen LogP contribution in [0.1, 0.15) is 45.7 Å². The summed E-state index contributed by atoms with van der Waals surface area (Å²) in [5, 5.41) is 3.05. The Kier molecular flexibility index (Phi) is 5.61. The van der Waals surface area contributed by atoms with Crippen LogP contribution in [0.5, 0.6) is 0 Å². The molecule has 1 aliphatic heterocycles. The first kappa shape index (κ1) is 18.8. The molecule has 1 fully saturated rings. The van der Waals surface area contributed by atoms with Crippen LogP contribution in [0.3, 0.4) is 0 Å². The van der Waals surface area contributed by atoms with Crippen molar-refractivity contribution < 1.29 is 9.18 Å². The smallest absolute Gasteiger partial charge is 0.232 e. The van der Waals surface area contributed by atoms with E-state index in [4.69, 9.17) is 4.98 Å². The molecule has 0 atom stereocenters. The average molecular weight is 376 g/mol. The summed E-state index contributed by atoms with van der Waals surface area (Å²) in [6.45, 7) is 8.18. The van der Waals surface area contributed by atoms with Crippen molar-refractivity contribution in [3.05, 3.63) is 41.2 Å². The van der Waals surface area contributed by atoms with E-state index in [1.807, 2.05) is 26.2 Å². The van der Waals surface area contributed by atoms with Crippen molar-refractivity contribution in [1.29, 1.82) is 0 Å². The van der Waals surface area contributed by atoms with Crippen LogP contribution in [0.15, 0.2) is 29.6 Å². The van der Waals surface area contributed by atoms with Gasteiger partial charge in [0.25, 0.3) is 0 Å². The number of thiazole rings is 1. The molecular weight excluding hydrogens is 349 g/mol. The molecule has 2 aromatic rings. The normalized spacial score (nSPS) is 15.2. The molecule has 1 amide bonds. The summed E-state index contributed by atoms with van der Waals surface area (Å²) in [6.07, 6.45) is 3.70. The van der Waals surface area contributed by atoms with E-state index in [1.165, 1.54) is 31.4 Å². The monoisotopic (exact) mass is 375 g/mol. The van der Waals surface area contributed by atoms with E-state index in [0.717, 1.165) is 23.9 Å². The van der Waals surface area contributed by atoms with Crippen molar-refractivity contribution in [3.8, 4) is 0 Å². The molecule has 1 aromatic carbocycles. The van der Waals surface area contributed by atoms with Crippen LogP contribution in [-0.4, -0.2) is 24.0 Å². The van der Waals surface area contributed by atoms with Crippen LogP contribution < -0.4 is 9.80 Å². The van der Waals surface area contributed by atoms with Gasteiger partial charge in [0.15, 0.2) is 5.13 Å². The van der Waals surface area contributed by atoms with Crippen molar-refractivity contribution in [2.75, 3.05) is 22.9 Å². The lowest BCUT2D eigenvalue weighted by Crippen LogP contribution is -2.39. The molecule has 0 unspecified atom stereocenters. The van der Waals surface area contributed by atoms with E-state index in [0.29, 0.717) is 12.2 Å². The minimum absolute atomic E-state index is 0.00312. The predicted molar refractivity (Wildman–Crippen MR) is 105 cm³/mol. The molecule has 140 valence electrons. The molecule has 3 rings (SSSR count). The molecule has 0 N–H and O–H groups in total. The van der Waals surface area contributed by atoms with Crippen molar-refractivity contribution in [2.24, 2.45) is 5.41 Å². The summed E-state index contributed by atoms with van der Waals surface area (Å²) in [7, 11) is 0. The number of rotatable bonds is 4. The summed E-state index contributed by atoms with van der Waals surface area (Å²) in [5.41, 5.74) is 1.04. The highest BCUT2D eigenvalue weighted by molar-refractivity contribution is 7.13. The van der Waals surface area contributed by atoms with Crippen molar-refractivity contribution in [1.82, 2.24) is 4.98 Å². The molecule has 0 aliphatic carbocycles. The van der Waals surface area contributed by atoms with Gasteiger partial charge in [-0.2, -0.15) is 0 Å². The Bertz CT molecular complexity index is 745. The number of hydrogen-bond acceptors (Lipinski definition) is 4. The van der Waals surface area contributed by atoms with Crippen molar-refractivity contribution in [3.63, 3.8) is 0 Å². The van der Waals surface area contributed by atoms with Gasteiger partial charge in [-0.15, -0.1) is 11.3 Å². The standard InChI is InChI=1S/C20H26FN3OS/c1-20(2,3)18(25)24(17-9-7-15(21)8-10-17)13-16-14-26-19(22-16)23-11-5-4-6-12-23/h7-10,14H,4-6,11-13H2,1-3H3. The average Bonchev–Trinajstić information content (AvgIpc) is 3.09. The lowest BCUT2D eigenvalue weighted by atomic mass is 9.94. The molecule has 6 heteroatoms. The third-order valence-electron chi connectivity index (χ3n) is 4.51. The molecule has 4 nitrogen and oxygen atoms in total. The number of anilines is 2. The van der Waals surface area contributed by atoms with Gasteiger partial charge in [-0.1, -0.05) is 20.8 Å². The SMILES string of the molecule is CC(C)(C)C(=O)N(Cc1csc(N2CCCCC2)n1)c1ccc(F)cc1. The van der Waals surface area contributed by atoms with Crippen LogP contribution >= 0.6 is 11.3 Å². The number of carbonyl (C=O) groups excluding carboxylic acids is 1. The van der Waals surface area contributed by atoms with E-state index in [-0.39, 0.29) is 11.7 Å². The Labute approximate surface area is 158 Å². The largest absolute Gasteiger partial charge is 0.348 e. The molecule has 0 spiro atoms. The van der Waals surface area contributed by atoms with Gasteiger partial charge in [0.2, 0.25) is 5.91 Å². The highest BCUT2D eigenvalue weighted by Crippen LogP contribution is 2.28. The van der Waals surface area contributed by atoms with Crippen molar-refractivity contribution in [2.45, 2.75) is 46.6 Å².